The molecule has 3 rings (SSSR count). The summed E-state index contributed by atoms with van der Waals surface area (Å²) >= 11 is 11.5. The molecule has 138 valence electrons. The molecule has 0 saturated heterocycles. The van der Waals surface area contributed by atoms with Crippen molar-refractivity contribution < 1.29 is 9.13 Å². The summed E-state index contributed by atoms with van der Waals surface area (Å²) in [7, 11) is 0. The van der Waals surface area contributed by atoms with Crippen molar-refractivity contribution in [3.8, 4) is 5.75 Å². The Labute approximate surface area is 168 Å². The van der Waals surface area contributed by atoms with E-state index in [0.717, 1.165) is 5.56 Å². The molecule has 0 saturated carbocycles. The van der Waals surface area contributed by atoms with Crippen LogP contribution in [0.1, 0.15) is 22.3 Å². The Morgan fingerprint density at radius 2 is 1.78 bits per heavy atom. The number of rotatable bonds is 6. The standard InChI is InChI=1S/C22H19ClFNOS/c1-15-5-2-3-6-17(15)13-25-22(27)16-9-11-18(12-10-16)26-14-19-20(23)7-4-8-21(19)24/h2-12H,13-14H2,1H3,(H,25,27). The highest BCUT2D eigenvalue weighted by molar-refractivity contribution is 7.80. The van der Waals surface area contributed by atoms with Gasteiger partial charge in [0.2, 0.25) is 0 Å². The smallest absolute Gasteiger partial charge is 0.131 e. The molecule has 0 atom stereocenters. The Kier molecular flexibility index (Phi) is 6.43. The Morgan fingerprint density at radius 1 is 1.04 bits per heavy atom. The molecular formula is C22H19ClFNOS. The normalized spacial score (nSPS) is 10.5. The van der Waals surface area contributed by atoms with Crippen molar-refractivity contribution in [3.05, 3.63) is 99.8 Å². The predicted molar refractivity (Wildman–Crippen MR) is 112 cm³/mol. The highest BCUT2D eigenvalue weighted by atomic mass is 35.5. The van der Waals surface area contributed by atoms with Crippen molar-refractivity contribution in [1.29, 1.82) is 0 Å². The first-order valence-corrected chi connectivity index (χ1v) is 9.31. The molecular weight excluding hydrogens is 381 g/mol. The van der Waals surface area contributed by atoms with Crippen LogP contribution in [0.25, 0.3) is 0 Å². The lowest BCUT2D eigenvalue weighted by molar-refractivity contribution is 0.300. The van der Waals surface area contributed by atoms with Gasteiger partial charge in [-0.15, -0.1) is 0 Å². The van der Waals surface area contributed by atoms with Gasteiger partial charge in [0.05, 0.1) is 5.02 Å². The number of hydrogen-bond donors (Lipinski definition) is 1. The summed E-state index contributed by atoms with van der Waals surface area (Å²) < 4.78 is 19.4. The molecule has 3 aromatic rings. The highest BCUT2D eigenvalue weighted by Crippen LogP contribution is 2.22. The summed E-state index contributed by atoms with van der Waals surface area (Å²) in [5.74, 6) is 0.250. The Morgan fingerprint density at radius 3 is 2.48 bits per heavy atom. The maximum atomic E-state index is 13.8. The number of aryl methyl sites for hydroxylation is 1. The van der Waals surface area contributed by atoms with Crippen LogP contribution in [-0.4, -0.2) is 4.99 Å². The molecule has 0 bridgehead atoms. The number of benzene rings is 3. The van der Waals surface area contributed by atoms with Crippen LogP contribution in [-0.2, 0) is 13.2 Å². The summed E-state index contributed by atoms with van der Waals surface area (Å²) in [6, 6.07) is 20.2. The van der Waals surface area contributed by atoms with E-state index < -0.39 is 0 Å². The molecule has 0 aliphatic rings. The Balaban J connectivity index is 1.58. The topological polar surface area (TPSA) is 21.3 Å². The molecule has 27 heavy (non-hydrogen) atoms. The second kappa shape index (κ2) is 8.98. The number of ether oxygens (including phenoxy) is 1. The molecule has 1 N–H and O–H groups in total. The van der Waals surface area contributed by atoms with Crippen molar-refractivity contribution in [2.75, 3.05) is 0 Å². The van der Waals surface area contributed by atoms with Gasteiger partial charge in [-0.2, -0.15) is 0 Å². The monoisotopic (exact) mass is 399 g/mol. The van der Waals surface area contributed by atoms with Crippen LogP contribution in [0.3, 0.4) is 0 Å². The van der Waals surface area contributed by atoms with Gasteiger partial charge in [-0.3, -0.25) is 0 Å². The van der Waals surface area contributed by atoms with E-state index in [1.165, 1.54) is 17.2 Å². The van der Waals surface area contributed by atoms with Gasteiger partial charge in [-0.1, -0.05) is 54.2 Å². The lowest BCUT2D eigenvalue weighted by Crippen LogP contribution is -2.22. The molecule has 0 fully saturated rings. The molecule has 0 aromatic heterocycles. The number of halogens is 2. The average Bonchev–Trinajstić information content (AvgIpc) is 2.67. The minimum Gasteiger partial charge on any atom is -0.489 e. The van der Waals surface area contributed by atoms with Crippen molar-refractivity contribution in [2.45, 2.75) is 20.1 Å². The quantitative estimate of drug-likeness (QED) is 0.527. The molecule has 0 aliphatic heterocycles. The van der Waals surface area contributed by atoms with Crippen molar-refractivity contribution in [2.24, 2.45) is 0 Å². The molecule has 0 aliphatic carbocycles. The van der Waals surface area contributed by atoms with Gasteiger partial charge in [-0.05, 0) is 54.4 Å². The fourth-order valence-electron chi connectivity index (χ4n) is 2.61. The summed E-state index contributed by atoms with van der Waals surface area (Å²) in [4.78, 5) is 0.668. The predicted octanol–water partition coefficient (Wildman–Crippen LogP) is 5.83. The second-order valence-corrected chi connectivity index (χ2v) is 6.94. The maximum Gasteiger partial charge on any atom is 0.131 e. The summed E-state index contributed by atoms with van der Waals surface area (Å²) in [5, 5.41) is 3.63. The Bertz CT molecular complexity index is 923. The van der Waals surface area contributed by atoms with Crippen LogP contribution in [0.15, 0.2) is 66.7 Å². The van der Waals surface area contributed by atoms with Crippen molar-refractivity contribution in [3.63, 3.8) is 0 Å². The first-order valence-electron chi connectivity index (χ1n) is 8.53. The third-order valence-electron chi connectivity index (χ3n) is 4.26. The van der Waals surface area contributed by atoms with Gasteiger partial charge in [-0.25, -0.2) is 4.39 Å². The molecule has 2 nitrogen and oxygen atoms in total. The maximum absolute atomic E-state index is 13.8. The van der Waals surface area contributed by atoms with Gasteiger partial charge in [0.15, 0.2) is 0 Å². The summed E-state index contributed by atoms with van der Waals surface area (Å²) in [6.45, 7) is 2.82. The Hall–Kier alpha value is -2.43. The zero-order valence-corrected chi connectivity index (χ0v) is 16.4. The first-order chi connectivity index (χ1) is 13.0. The van der Waals surface area contributed by atoms with E-state index in [-0.39, 0.29) is 12.4 Å². The SMILES string of the molecule is Cc1ccccc1CNC(=S)c1ccc(OCc2c(F)cccc2Cl)cc1. The number of thiocarbonyl (C=S) groups is 1. The van der Waals surface area contributed by atoms with E-state index in [1.807, 2.05) is 36.4 Å². The van der Waals surface area contributed by atoms with Crippen LogP contribution in [0.5, 0.6) is 5.75 Å². The fraction of sp³-hybridized carbons (Fsp3) is 0.136. The summed E-state index contributed by atoms with van der Waals surface area (Å²) in [5.41, 5.74) is 3.68. The third kappa shape index (κ3) is 5.06. The van der Waals surface area contributed by atoms with Crippen LogP contribution in [0.4, 0.5) is 4.39 Å². The minimum atomic E-state index is -0.374. The minimum absolute atomic E-state index is 0.0703. The zero-order valence-electron chi connectivity index (χ0n) is 14.8. The lowest BCUT2D eigenvalue weighted by Gasteiger charge is -2.12. The summed E-state index contributed by atoms with van der Waals surface area (Å²) in [6.07, 6.45) is 0. The molecule has 0 amide bonds. The molecule has 0 unspecified atom stereocenters. The average molecular weight is 400 g/mol. The van der Waals surface area contributed by atoms with E-state index in [4.69, 9.17) is 28.6 Å². The van der Waals surface area contributed by atoms with Crippen molar-refractivity contribution in [1.82, 2.24) is 5.32 Å². The second-order valence-electron chi connectivity index (χ2n) is 6.12. The van der Waals surface area contributed by atoms with E-state index in [9.17, 15) is 4.39 Å². The van der Waals surface area contributed by atoms with Gasteiger partial charge in [0, 0.05) is 17.7 Å². The van der Waals surface area contributed by atoms with E-state index >= 15 is 0 Å². The zero-order chi connectivity index (χ0) is 19.2. The van der Waals surface area contributed by atoms with Gasteiger partial charge >= 0.3 is 0 Å². The van der Waals surface area contributed by atoms with Crippen molar-refractivity contribution >= 4 is 28.8 Å². The fourth-order valence-corrected chi connectivity index (χ4v) is 3.04. The van der Waals surface area contributed by atoms with Crippen LogP contribution in [0.2, 0.25) is 5.02 Å². The number of hydrogen-bond acceptors (Lipinski definition) is 2. The van der Waals surface area contributed by atoms with Gasteiger partial charge < -0.3 is 10.1 Å². The molecule has 0 heterocycles. The van der Waals surface area contributed by atoms with E-state index in [2.05, 4.69) is 24.4 Å². The molecule has 5 heteroatoms. The first kappa shape index (κ1) is 19.3. The molecule has 3 aromatic carbocycles. The van der Waals surface area contributed by atoms with Crippen LogP contribution >= 0.6 is 23.8 Å². The third-order valence-corrected chi connectivity index (χ3v) is 5.00. The lowest BCUT2D eigenvalue weighted by atomic mass is 10.1. The molecule has 0 radical (unpaired) electrons. The largest absolute Gasteiger partial charge is 0.489 e. The van der Waals surface area contributed by atoms with Gasteiger partial charge in [0.1, 0.15) is 23.2 Å². The van der Waals surface area contributed by atoms with Gasteiger partial charge in [0.25, 0.3) is 0 Å². The van der Waals surface area contributed by atoms with E-state index in [0.29, 0.717) is 27.9 Å². The van der Waals surface area contributed by atoms with E-state index in [1.54, 1.807) is 12.1 Å². The van der Waals surface area contributed by atoms with Crippen LogP contribution in [0, 0.1) is 12.7 Å². The highest BCUT2D eigenvalue weighted by Gasteiger charge is 2.08. The number of nitrogens with one attached hydrogen (secondary N) is 1. The van der Waals surface area contributed by atoms with Crippen LogP contribution < -0.4 is 10.1 Å². The molecule has 0 spiro atoms.